The lowest BCUT2D eigenvalue weighted by molar-refractivity contribution is -0.150. The summed E-state index contributed by atoms with van der Waals surface area (Å²) in [7, 11) is 0. The van der Waals surface area contributed by atoms with Crippen LogP contribution in [0, 0.1) is 11.7 Å². The summed E-state index contributed by atoms with van der Waals surface area (Å²) in [6.45, 7) is 0. The van der Waals surface area contributed by atoms with Crippen LogP contribution in [-0.2, 0) is 27.2 Å². The first kappa shape index (κ1) is 21.1. The molecule has 0 saturated carbocycles. The molecule has 0 spiro atoms. The fraction of sp³-hybridized carbons (Fsp3) is 0.227. The van der Waals surface area contributed by atoms with E-state index in [9.17, 15) is 23.6 Å². The van der Waals surface area contributed by atoms with Crippen molar-refractivity contribution in [2.45, 2.75) is 18.9 Å². The second-order valence-corrected chi connectivity index (χ2v) is 8.68. The van der Waals surface area contributed by atoms with E-state index in [2.05, 4.69) is 9.89 Å². The largest absolute Gasteiger partial charge is 0.421 e. The number of rotatable bonds is 5. The SMILES string of the molecule is O=C1NC(=O)C(Cc2cc(F)c3onc(N4C(=O)SC[C@@H]4Cc4ccccc4)c3c2)C(=O)O1. The number of fused-ring (bicyclic) bond motifs is 1. The number of nitrogens with one attached hydrogen (secondary N) is 1. The molecule has 2 atom stereocenters. The number of alkyl carbamates (subject to hydrolysis) is 1. The summed E-state index contributed by atoms with van der Waals surface area (Å²) >= 11 is 1.14. The topological polar surface area (TPSA) is 119 Å². The Bertz CT molecular complexity index is 1270. The Morgan fingerprint density at radius 1 is 1.09 bits per heavy atom. The summed E-state index contributed by atoms with van der Waals surface area (Å²) in [6.07, 6.45) is -0.761. The third-order valence-corrected chi connectivity index (χ3v) is 6.53. The van der Waals surface area contributed by atoms with Crippen molar-refractivity contribution in [2.24, 2.45) is 5.92 Å². The van der Waals surface area contributed by atoms with E-state index in [0.29, 0.717) is 12.2 Å². The molecule has 3 aromatic rings. The molecule has 2 aliphatic heterocycles. The van der Waals surface area contributed by atoms with Crippen molar-refractivity contribution in [1.82, 2.24) is 10.5 Å². The number of amides is 3. The van der Waals surface area contributed by atoms with Gasteiger partial charge in [-0.3, -0.25) is 24.6 Å². The van der Waals surface area contributed by atoms with Crippen LogP contribution < -0.4 is 10.2 Å². The number of carbonyl (C=O) groups is 4. The van der Waals surface area contributed by atoms with Gasteiger partial charge in [0, 0.05) is 5.75 Å². The lowest BCUT2D eigenvalue weighted by Crippen LogP contribution is -2.48. The Morgan fingerprint density at radius 3 is 2.64 bits per heavy atom. The van der Waals surface area contributed by atoms with Gasteiger partial charge in [0.2, 0.25) is 11.5 Å². The minimum absolute atomic E-state index is 0.136. The molecule has 11 heteroatoms. The lowest BCUT2D eigenvalue weighted by atomic mass is 9.96. The van der Waals surface area contributed by atoms with Gasteiger partial charge in [-0.25, -0.2) is 9.18 Å². The monoisotopic (exact) mass is 469 g/mol. The maximum atomic E-state index is 14.8. The van der Waals surface area contributed by atoms with Crippen molar-refractivity contribution in [3.8, 4) is 0 Å². The number of aromatic nitrogens is 1. The van der Waals surface area contributed by atoms with Crippen LogP contribution in [0.3, 0.4) is 0 Å². The van der Waals surface area contributed by atoms with Gasteiger partial charge < -0.3 is 9.26 Å². The van der Waals surface area contributed by atoms with Crippen molar-refractivity contribution in [1.29, 1.82) is 0 Å². The highest BCUT2D eigenvalue weighted by atomic mass is 32.2. The van der Waals surface area contributed by atoms with Crippen LogP contribution in [0.15, 0.2) is 47.0 Å². The number of ether oxygens (including phenoxy) is 1. The summed E-state index contributed by atoms with van der Waals surface area (Å²) in [5.41, 5.74) is 1.19. The van der Waals surface area contributed by atoms with Crippen molar-refractivity contribution in [3.05, 3.63) is 59.4 Å². The van der Waals surface area contributed by atoms with E-state index in [1.165, 1.54) is 11.0 Å². The van der Waals surface area contributed by atoms with Crippen LogP contribution in [-0.4, -0.2) is 40.2 Å². The van der Waals surface area contributed by atoms with Crippen molar-refractivity contribution >= 4 is 51.8 Å². The highest BCUT2D eigenvalue weighted by Gasteiger charge is 2.38. The number of imide groups is 1. The van der Waals surface area contributed by atoms with Crippen molar-refractivity contribution < 1.29 is 32.8 Å². The predicted octanol–water partition coefficient (Wildman–Crippen LogP) is 3.20. The quantitative estimate of drug-likeness (QED) is 0.447. The molecule has 1 aromatic heterocycles. The summed E-state index contributed by atoms with van der Waals surface area (Å²) in [4.78, 5) is 49.4. The van der Waals surface area contributed by atoms with Gasteiger partial charge in [-0.15, -0.1) is 0 Å². The van der Waals surface area contributed by atoms with Gasteiger partial charge in [-0.05, 0) is 36.1 Å². The Labute approximate surface area is 190 Å². The first-order valence-corrected chi connectivity index (χ1v) is 11.0. The molecule has 33 heavy (non-hydrogen) atoms. The predicted molar refractivity (Wildman–Crippen MR) is 115 cm³/mol. The number of cyclic esters (lactones) is 2. The zero-order valence-electron chi connectivity index (χ0n) is 16.9. The molecule has 0 radical (unpaired) electrons. The molecule has 2 saturated heterocycles. The number of hydrogen-bond acceptors (Lipinski definition) is 8. The van der Waals surface area contributed by atoms with E-state index in [1.807, 2.05) is 35.6 Å². The van der Waals surface area contributed by atoms with Gasteiger partial charge in [-0.1, -0.05) is 47.3 Å². The molecule has 9 nitrogen and oxygen atoms in total. The van der Waals surface area contributed by atoms with E-state index < -0.39 is 29.7 Å². The molecular weight excluding hydrogens is 453 g/mol. The van der Waals surface area contributed by atoms with Gasteiger partial charge >= 0.3 is 12.1 Å². The Balaban J connectivity index is 1.48. The molecule has 1 unspecified atom stereocenters. The standard InChI is InChI=1S/C22H16FN3O6S/c23-16-9-12(8-15-19(27)24-21(29)31-20(15)28)7-14-17(16)32-25-18(14)26-13(10-33-22(26)30)6-11-4-2-1-3-5-11/h1-5,7,9,13,15H,6,8,10H2,(H,24,27,29)/t13-,15?/m0/s1. The number of halogens is 1. The molecule has 0 aliphatic carbocycles. The van der Waals surface area contributed by atoms with E-state index >= 15 is 0 Å². The molecule has 5 rings (SSSR count). The maximum Gasteiger partial charge on any atom is 0.421 e. The van der Waals surface area contributed by atoms with Crippen LogP contribution in [0.5, 0.6) is 0 Å². The number of esters is 1. The molecule has 1 N–H and O–H groups in total. The van der Waals surface area contributed by atoms with E-state index in [4.69, 9.17) is 4.52 Å². The minimum Gasteiger partial charge on any atom is -0.375 e. The van der Waals surface area contributed by atoms with Crippen LogP contribution in [0.2, 0.25) is 0 Å². The zero-order chi connectivity index (χ0) is 23.1. The number of hydrogen-bond donors (Lipinski definition) is 1. The number of anilines is 1. The molecule has 2 fully saturated rings. The van der Waals surface area contributed by atoms with Gasteiger partial charge in [0.25, 0.3) is 5.24 Å². The summed E-state index contributed by atoms with van der Waals surface area (Å²) in [5.74, 6) is -3.18. The third-order valence-electron chi connectivity index (χ3n) is 5.53. The number of carbonyl (C=O) groups excluding carboxylic acids is 4. The second-order valence-electron chi connectivity index (χ2n) is 7.71. The van der Waals surface area contributed by atoms with E-state index in [1.54, 1.807) is 0 Å². The average molecular weight is 469 g/mol. The Morgan fingerprint density at radius 2 is 1.88 bits per heavy atom. The smallest absolute Gasteiger partial charge is 0.375 e. The van der Waals surface area contributed by atoms with Gasteiger partial charge in [0.05, 0.1) is 11.4 Å². The zero-order valence-corrected chi connectivity index (χ0v) is 17.8. The first-order chi connectivity index (χ1) is 15.9. The van der Waals surface area contributed by atoms with Crippen LogP contribution in [0.25, 0.3) is 11.0 Å². The summed E-state index contributed by atoms with van der Waals surface area (Å²) in [5, 5.41) is 5.90. The van der Waals surface area contributed by atoms with E-state index in [-0.39, 0.29) is 40.1 Å². The number of thioether (sulfide) groups is 1. The Hall–Kier alpha value is -3.73. The summed E-state index contributed by atoms with van der Waals surface area (Å²) < 4.78 is 24.4. The highest BCUT2D eigenvalue weighted by molar-refractivity contribution is 8.14. The number of benzene rings is 2. The molecule has 3 amide bonds. The van der Waals surface area contributed by atoms with Crippen LogP contribution >= 0.6 is 11.8 Å². The fourth-order valence-electron chi connectivity index (χ4n) is 3.99. The fourth-order valence-corrected chi connectivity index (χ4v) is 4.97. The average Bonchev–Trinajstić information content (AvgIpc) is 3.34. The van der Waals surface area contributed by atoms with E-state index in [0.717, 1.165) is 23.4 Å². The highest BCUT2D eigenvalue weighted by Crippen LogP contribution is 2.37. The van der Waals surface area contributed by atoms with Crippen molar-refractivity contribution in [3.63, 3.8) is 0 Å². The van der Waals surface area contributed by atoms with Gasteiger partial charge in [-0.2, -0.15) is 0 Å². The maximum absolute atomic E-state index is 14.8. The molecule has 2 aliphatic rings. The summed E-state index contributed by atoms with van der Waals surface area (Å²) in [6, 6.07) is 12.1. The van der Waals surface area contributed by atoms with Crippen LogP contribution in [0.4, 0.5) is 19.8 Å². The molecule has 0 bridgehead atoms. The number of nitrogens with zero attached hydrogens (tertiary/aromatic N) is 2. The van der Waals surface area contributed by atoms with Crippen LogP contribution in [0.1, 0.15) is 11.1 Å². The lowest BCUT2D eigenvalue weighted by Gasteiger charge is -2.22. The minimum atomic E-state index is -1.31. The molecule has 3 heterocycles. The molecule has 168 valence electrons. The third kappa shape index (κ3) is 3.95. The first-order valence-electron chi connectivity index (χ1n) is 10.0. The van der Waals surface area contributed by atoms with Gasteiger partial charge in [0.1, 0.15) is 5.92 Å². The Kier molecular flexibility index (Phi) is 5.33. The second kappa shape index (κ2) is 8.32. The van der Waals surface area contributed by atoms with Crippen molar-refractivity contribution in [2.75, 3.05) is 10.7 Å². The normalized spacial score (nSPS) is 20.9. The molecule has 2 aromatic carbocycles. The van der Waals surface area contributed by atoms with Gasteiger partial charge in [0.15, 0.2) is 11.6 Å². The molecular formula is C22H16FN3O6S.